The van der Waals surface area contributed by atoms with Crippen LogP contribution in [0.3, 0.4) is 0 Å². The number of fused-ring (bicyclic) bond motifs is 2. The van der Waals surface area contributed by atoms with E-state index in [1.165, 1.54) is 64.2 Å². The van der Waals surface area contributed by atoms with E-state index in [9.17, 15) is 0 Å². The van der Waals surface area contributed by atoms with Crippen LogP contribution in [0.5, 0.6) is 23.0 Å². The normalized spacial score (nSPS) is 11.3. The molecule has 322 valence electrons. The molecule has 6 N–H and O–H groups in total. The van der Waals surface area contributed by atoms with Crippen molar-refractivity contribution in [1.82, 2.24) is 30.6 Å². The molecule has 0 atom stereocenters. The van der Waals surface area contributed by atoms with E-state index in [1.807, 2.05) is 59.9 Å². The van der Waals surface area contributed by atoms with Crippen molar-refractivity contribution in [3.05, 3.63) is 24.3 Å². The van der Waals surface area contributed by atoms with Crippen LogP contribution in [0.15, 0.2) is 24.3 Å². The molecule has 0 radical (unpaired) electrons. The van der Waals surface area contributed by atoms with Crippen molar-refractivity contribution in [1.29, 1.82) is 0 Å². The highest BCUT2D eigenvalue weighted by Crippen LogP contribution is 2.35. The number of anilines is 4. The van der Waals surface area contributed by atoms with E-state index in [4.69, 9.17) is 40.4 Å². The number of ether oxygens (including phenoxy) is 4. The number of nitrogens with one attached hydrogen (secondary N) is 2. The first-order valence-corrected chi connectivity index (χ1v) is 23.2. The maximum Gasteiger partial charge on any atom is 0.227 e. The predicted octanol–water partition coefficient (Wildman–Crippen LogP) is 7.59. The molecule has 0 aliphatic rings. The number of nitrogen functional groups attached to an aromatic ring is 2. The van der Waals surface area contributed by atoms with E-state index in [2.05, 4.69) is 30.4 Å². The second kappa shape index (κ2) is 26.3. The van der Waals surface area contributed by atoms with Gasteiger partial charge in [0.25, 0.3) is 0 Å². The minimum absolute atomic E-state index is 0.445. The van der Waals surface area contributed by atoms with E-state index in [1.54, 1.807) is 28.4 Å². The quantitative estimate of drug-likeness (QED) is 0.0288. The van der Waals surface area contributed by atoms with Gasteiger partial charge in [-0.1, -0.05) is 73.0 Å². The van der Waals surface area contributed by atoms with E-state index in [0.717, 1.165) is 85.4 Å². The first-order valence-electron chi connectivity index (χ1n) is 20.8. The fourth-order valence-electron chi connectivity index (χ4n) is 6.68. The van der Waals surface area contributed by atoms with Gasteiger partial charge >= 0.3 is 0 Å². The van der Waals surface area contributed by atoms with E-state index in [-0.39, 0.29) is 0 Å². The van der Waals surface area contributed by atoms with Crippen molar-refractivity contribution in [3.63, 3.8) is 0 Å². The lowest BCUT2D eigenvalue weighted by atomic mass is 10.1. The molecular weight excluding hydrogens is 773 g/mol. The molecule has 0 fully saturated rings. The second-order valence-electron chi connectivity index (χ2n) is 14.5. The summed E-state index contributed by atoms with van der Waals surface area (Å²) in [6.45, 7) is 6.14. The molecule has 2 aromatic heterocycles. The van der Waals surface area contributed by atoms with Crippen LogP contribution >= 0.6 is 21.6 Å². The van der Waals surface area contributed by atoms with Crippen molar-refractivity contribution in [3.8, 4) is 23.0 Å². The fraction of sp³-hybridized carbons (Fsp3) is 0.619. The van der Waals surface area contributed by atoms with Gasteiger partial charge in [-0.3, -0.25) is 0 Å². The van der Waals surface area contributed by atoms with Crippen molar-refractivity contribution in [2.45, 2.75) is 77.0 Å². The van der Waals surface area contributed by atoms with Crippen molar-refractivity contribution in [2.75, 3.05) is 115 Å². The van der Waals surface area contributed by atoms with Crippen LogP contribution in [-0.2, 0) is 0 Å². The van der Waals surface area contributed by atoms with Gasteiger partial charge in [0.05, 0.1) is 39.5 Å². The minimum atomic E-state index is 0.445. The molecule has 0 aliphatic heterocycles. The Morgan fingerprint density at radius 3 is 1.21 bits per heavy atom. The molecule has 58 heavy (non-hydrogen) atoms. The Bertz CT molecular complexity index is 1680. The summed E-state index contributed by atoms with van der Waals surface area (Å²) in [5, 5.41) is 8.74. The Morgan fingerprint density at radius 1 is 0.483 bits per heavy atom. The molecule has 2 heterocycles. The smallest absolute Gasteiger partial charge is 0.227 e. The number of hydrogen-bond donors (Lipinski definition) is 4. The van der Waals surface area contributed by atoms with Crippen LogP contribution in [0.4, 0.5) is 23.5 Å². The Labute approximate surface area is 354 Å². The van der Waals surface area contributed by atoms with Gasteiger partial charge in [0.15, 0.2) is 23.0 Å². The van der Waals surface area contributed by atoms with E-state index < -0.39 is 0 Å². The van der Waals surface area contributed by atoms with Crippen LogP contribution in [0.2, 0.25) is 0 Å². The zero-order valence-corrected chi connectivity index (χ0v) is 37.4. The number of methoxy groups -OCH3 is 4. The zero-order valence-electron chi connectivity index (χ0n) is 35.7. The van der Waals surface area contributed by atoms with Crippen molar-refractivity contribution in [2.24, 2.45) is 0 Å². The second-order valence-corrected chi connectivity index (χ2v) is 17.2. The number of nitrogens with two attached hydrogens (primary N) is 2. The Hall–Kier alpha value is -3.86. The summed E-state index contributed by atoms with van der Waals surface area (Å²) < 4.78 is 21.7. The Kier molecular flexibility index (Phi) is 21.2. The topological polar surface area (TPSA) is 171 Å². The number of aromatic nitrogens is 4. The number of rotatable bonds is 31. The molecule has 4 rings (SSSR count). The molecule has 0 bridgehead atoms. The lowest BCUT2D eigenvalue weighted by Gasteiger charge is -2.18. The molecule has 0 saturated carbocycles. The fourth-order valence-corrected chi connectivity index (χ4v) is 8.58. The SMILES string of the molecule is COc1cc2nc(N(C)CCCCCCCCNCCSSCCNCCCCCCCCN(C)c3nc(N)c4cc(OC)c(OC)cc4n3)nc(N)c2cc1OC. The summed E-state index contributed by atoms with van der Waals surface area (Å²) in [5.41, 5.74) is 14.0. The molecule has 0 aliphatic carbocycles. The van der Waals surface area contributed by atoms with E-state index >= 15 is 0 Å². The van der Waals surface area contributed by atoms with Gasteiger partial charge in [-0.05, 0) is 50.9 Å². The maximum atomic E-state index is 6.26. The highest BCUT2D eigenvalue weighted by Gasteiger charge is 2.15. The Balaban J connectivity index is 0.890. The molecule has 0 spiro atoms. The molecule has 0 amide bonds. The van der Waals surface area contributed by atoms with Gasteiger partial charge in [-0.2, -0.15) is 9.97 Å². The van der Waals surface area contributed by atoms with Crippen LogP contribution in [-0.4, -0.2) is 113 Å². The molecule has 14 nitrogen and oxygen atoms in total. The monoisotopic (exact) mass is 840 g/mol. The summed E-state index contributed by atoms with van der Waals surface area (Å²) in [6, 6.07) is 7.36. The zero-order chi connectivity index (χ0) is 41.5. The van der Waals surface area contributed by atoms with Gasteiger partial charge in [0, 0.05) is 74.7 Å². The number of unbranched alkanes of at least 4 members (excludes halogenated alkanes) is 10. The molecule has 0 unspecified atom stereocenters. The summed E-state index contributed by atoms with van der Waals surface area (Å²) >= 11 is 0. The van der Waals surface area contributed by atoms with Gasteiger partial charge in [-0.15, -0.1) is 0 Å². The highest BCUT2D eigenvalue weighted by atomic mass is 33.1. The molecule has 4 aromatic rings. The number of nitrogens with zero attached hydrogens (tertiary/aromatic N) is 6. The standard InChI is InChI=1S/C42H68N10O4S2/c1-51(41-47-33-29-37(55-5)35(53-3)27-31(33)39(43)49-41)23-17-13-9-7-11-15-19-45-21-25-57-58-26-22-46-20-16-12-8-10-14-18-24-52(2)42-48-34-30-38(56-6)36(54-4)28-32(34)40(44)50-42/h27-30,45-46H,7-26H2,1-6H3,(H2,43,47,49)(H2,44,48,50). The van der Waals surface area contributed by atoms with Crippen LogP contribution in [0.25, 0.3) is 21.8 Å². The summed E-state index contributed by atoms with van der Waals surface area (Å²) in [5.74, 6) is 6.94. The maximum absolute atomic E-state index is 6.26. The third kappa shape index (κ3) is 15.1. The number of benzene rings is 2. The highest BCUT2D eigenvalue weighted by molar-refractivity contribution is 8.76. The molecular formula is C42H68N10O4S2. The summed E-state index contributed by atoms with van der Waals surface area (Å²) in [4.78, 5) is 22.7. The van der Waals surface area contributed by atoms with Crippen molar-refractivity contribution >= 4 is 66.9 Å². The lowest BCUT2D eigenvalue weighted by Crippen LogP contribution is -2.21. The van der Waals surface area contributed by atoms with Crippen LogP contribution in [0, 0.1) is 0 Å². The summed E-state index contributed by atoms with van der Waals surface area (Å²) in [6.07, 6.45) is 14.7. The number of hydrogen-bond acceptors (Lipinski definition) is 16. The van der Waals surface area contributed by atoms with E-state index in [0.29, 0.717) is 46.5 Å². The average molecular weight is 841 g/mol. The lowest BCUT2D eigenvalue weighted by molar-refractivity contribution is 0.356. The third-order valence-corrected chi connectivity index (χ3v) is 12.5. The minimum Gasteiger partial charge on any atom is -0.493 e. The van der Waals surface area contributed by atoms with Crippen LogP contribution in [0.1, 0.15) is 77.0 Å². The average Bonchev–Trinajstić information content (AvgIpc) is 3.23. The predicted molar refractivity (Wildman–Crippen MR) is 247 cm³/mol. The molecule has 0 saturated heterocycles. The summed E-state index contributed by atoms with van der Waals surface area (Å²) in [7, 11) is 14.4. The first-order chi connectivity index (χ1) is 28.3. The largest absolute Gasteiger partial charge is 0.493 e. The van der Waals surface area contributed by atoms with Gasteiger partial charge in [0.2, 0.25) is 11.9 Å². The van der Waals surface area contributed by atoms with Gasteiger partial charge in [-0.25, -0.2) is 9.97 Å². The van der Waals surface area contributed by atoms with Gasteiger partial charge < -0.3 is 50.8 Å². The van der Waals surface area contributed by atoms with Crippen molar-refractivity contribution < 1.29 is 18.9 Å². The first kappa shape index (κ1) is 46.8. The Morgan fingerprint density at radius 2 is 0.828 bits per heavy atom. The third-order valence-electron chi connectivity index (χ3n) is 10.1. The van der Waals surface area contributed by atoms with Crippen LogP contribution < -0.4 is 50.8 Å². The molecule has 2 aromatic carbocycles. The van der Waals surface area contributed by atoms with Gasteiger partial charge in [0.1, 0.15) is 11.6 Å². The molecule has 16 heteroatoms.